The first-order valence-electron chi connectivity index (χ1n) is 5.24. The summed E-state index contributed by atoms with van der Waals surface area (Å²) in [6.07, 6.45) is 0. The van der Waals surface area contributed by atoms with Crippen LogP contribution < -0.4 is 5.32 Å². The maximum Gasteiger partial charge on any atom is 0.202 e. The Bertz CT molecular complexity index is 295. The van der Waals surface area contributed by atoms with E-state index in [0.717, 1.165) is 17.5 Å². The van der Waals surface area contributed by atoms with E-state index < -0.39 is 0 Å². The Balaban J connectivity index is 2.49. The van der Waals surface area contributed by atoms with Crippen LogP contribution in [0, 0.1) is 0 Å². The van der Waals surface area contributed by atoms with Crippen molar-refractivity contribution in [3.8, 4) is 0 Å². The molecular weight excluding hydrogens is 208 g/mol. The molecule has 0 radical (unpaired) electrons. The number of rotatable bonds is 5. The molecule has 0 aromatic carbocycles. The van der Waals surface area contributed by atoms with Gasteiger partial charge >= 0.3 is 0 Å². The standard InChI is InChI=1S/C10H20N4S/c1-7(2)9-12-10(15-13-9)11-8(3)6-14(4)5/h7-8H,6H2,1-5H3,(H,11,12,13). The van der Waals surface area contributed by atoms with E-state index in [1.54, 1.807) is 0 Å². The summed E-state index contributed by atoms with van der Waals surface area (Å²) in [6.45, 7) is 7.36. The molecule has 0 saturated heterocycles. The highest BCUT2D eigenvalue weighted by Gasteiger charge is 2.10. The van der Waals surface area contributed by atoms with Crippen molar-refractivity contribution < 1.29 is 0 Å². The average molecular weight is 228 g/mol. The number of nitrogens with zero attached hydrogens (tertiary/aromatic N) is 3. The fourth-order valence-corrected chi connectivity index (χ4v) is 2.15. The number of hydrogen-bond acceptors (Lipinski definition) is 5. The van der Waals surface area contributed by atoms with Gasteiger partial charge in [0.1, 0.15) is 5.82 Å². The maximum atomic E-state index is 4.43. The van der Waals surface area contributed by atoms with Crippen molar-refractivity contribution in [2.24, 2.45) is 0 Å². The van der Waals surface area contributed by atoms with Crippen LogP contribution in [0.1, 0.15) is 32.5 Å². The Labute approximate surface area is 95.9 Å². The van der Waals surface area contributed by atoms with Crippen molar-refractivity contribution in [1.82, 2.24) is 14.3 Å². The molecule has 1 rings (SSSR count). The molecule has 0 fully saturated rings. The molecule has 1 N–H and O–H groups in total. The zero-order valence-electron chi connectivity index (χ0n) is 10.1. The van der Waals surface area contributed by atoms with Crippen LogP contribution in [0.5, 0.6) is 0 Å². The molecule has 0 spiro atoms. The molecule has 0 saturated carbocycles. The van der Waals surface area contributed by atoms with E-state index in [4.69, 9.17) is 0 Å². The maximum absolute atomic E-state index is 4.43. The molecular formula is C10H20N4S. The first-order valence-corrected chi connectivity index (χ1v) is 6.01. The summed E-state index contributed by atoms with van der Waals surface area (Å²) < 4.78 is 4.30. The van der Waals surface area contributed by atoms with E-state index in [1.807, 2.05) is 0 Å². The van der Waals surface area contributed by atoms with Crippen molar-refractivity contribution in [2.45, 2.75) is 32.7 Å². The minimum absolute atomic E-state index is 0.396. The van der Waals surface area contributed by atoms with Gasteiger partial charge in [0.2, 0.25) is 5.13 Å². The fraction of sp³-hybridized carbons (Fsp3) is 0.800. The summed E-state index contributed by atoms with van der Waals surface area (Å²) in [5.41, 5.74) is 0. The fourth-order valence-electron chi connectivity index (χ4n) is 1.33. The van der Waals surface area contributed by atoms with Gasteiger partial charge in [-0.1, -0.05) is 13.8 Å². The number of likely N-dealkylation sites (N-methyl/N-ethyl adjacent to an activating group) is 1. The lowest BCUT2D eigenvalue weighted by molar-refractivity contribution is 0.392. The second kappa shape index (κ2) is 5.42. The quantitative estimate of drug-likeness (QED) is 0.837. The normalized spacial score (nSPS) is 13.5. The van der Waals surface area contributed by atoms with Crippen LogP contribution in [-0.4, -0.2) is 40.9 Å². The van der Waals surface area contributed by atoms with Gasteiger partial charge in [-0.25, -0.2) is 4.98 Å². The Kier molecular flexibility index (Phi) is 4.47. The molecule has 0 amide bonds. The molecule has 0 aliphatic rings. The highest BCUT2D eigenvalue weighted by atomic mass is 32.1. The van der Waals surface area contributed by atoms with Crippen molar-refractivity contribution in [3.05, 3.63) is 5.82 Å². The van der Waals surface area contributed by atoms with Crippen molar-refractivity contribution in [1.29, 1.82) is 0 Å². The summed E-state index contributed by atoms with van der Waals surface area (Å²) in [7, 11) is 4.13. The van der Waals surface area contributed by atoms with E-state index in [1.165, 1.54) is 11.5 Å². The second-order valence-electron chi connectivity index (χ2n) is 4.42. The predicted molar refractivity (Wildman–Crippen MR) is 65.6 cm³/mol. The lowest BCUT2D eigenvalue weighted by atomic mass is 10.2. The van der Waals surface area contributed by atoms with Gasteiger partial charge in [-0.2, -0.15) is 4.37 Å². The first kappa shape index (κ1) is 12.4. The van der Waals surface area contributed by atoms with Crippen LogP contribution in [-0.2, 0) is 0 Å². The van der Waals surface area contributed by atoms with Gasteiger partial charge in [0.05, 0.1) is 0 Å². The van der Waals surface area contributed by atoms with Gasteiger partial charge in [0.15, 0.2) is 0 Å². The molecule has 1 unspecified atom stereocenters. The van der Waals surface area contributed by atoms with E-state index in [-0.39, 0.29) is 0 Å². The highest BCUT2D eigenvalue weighted by Crippen LogP contribution is 2.17. The number of anilines is 1. The van der Waals surface area contributed by atoms with Gasteiger partial charge in [0.25, 0.3) is 0 Å². The van der Waals surface area contributed by atoms with E-state index in [0.29, 0.717) is 12.0 Å². The zero-order chi connectivity index (χ0) is 11.4. The molecule has 1 heterocycles. The summed E-state index contributed by atoms with van der Waals surface area (Å²) in [5, 5.41) is 4.28. The second-order valence-corrected chi connectivity index (χ2v) is 5.17. The van der Waals surface area contributed by atoms with Gasteiger partial charge < -0.3 is 10.2 Å². The van der Waals surface area contributed by atoms with E-state index >= 15 is 0 Å². The molecule has 15 heavy (non-hydrogen) atoms. The predicted octanol–water partition coefficient (Wildman–Crippen LogP) is 2.02. The van der Waals surface area contributed by atoms with Crippen LogP contribution in [0.15, 0.2) is 0 Å². The van der Waals surface area contributed by atoms with E-state index in [2.05, 4.69) is 54.4 Å². The molecule has 4 nitrogen and oxygen atoms in total. The molecule has 0 aliphatic carbocycles. The Hall–Kier alpha value is -0.680. The summed E-state index contributed by atoms with van der Waals surface area (Å²) in [4.78, 5) is 6.59. The minimum Gasteiger partial charge on any atom is -0.357 e. The molecule has 0 bridgehead atoms. The van der Waals surface area contributed by atoms with Crippen LogP contribution in [0.4, 0.5) is 5.13 Å². The molecule has 5 heteroatoms. The van der Waals surface area contributed by atoms with E-state index in [9.17, 15) is 0 Å². The highest BCUT2D eigenvalue weighted by molar-refractivity contribution is 7.09. The Morgan fingerprint density at radius 2 is 2.00 bits per heavy atom. The topological polar surface area (TPSA) is 41.0 Å². The molecule has 1 aromatic rings. The third-order valence-corrected chi connectivity index (χ3v) is 2.63. The summed E-state index contributed by atoms with van der Waals surface area (Å²) in [6, 6.07) is 0.396. The first-order chi connectivity index (χ1) is 6.99. The third-order valence-electron chi connectivity index (χ3n) is 1.97. The smallest absolute Gasteiger partial charge is 0.202 e. The van der Waals surface area contributed by atoms with Crippen molar-refractivity contribution in [2.75, 3.05) is 26.0 Å². The lowest BCUT2D eigenvalue weighted by Crippen LogP contribution is -2.29. The number of hydrogen-bond donors (Lipinski definition) is 1. The Morgan fingerprint density at radius 3 is 2.47 bits per heavy atom. The van der Waals surface area contributed by atoms with Crippen LogP contribution in [0.2, 0.25) is 0 Å². The summed E-state index contributed by atoms with van der Waals surface area (Å²) >= 11 is 1.44. The van der Waals surface area contributed by atoms with Crippen molar-refractivity contribution in [3.63, 3.8) is 0 Å². The van der Waals surface area contributed by atoms with Gasteiger partial charge in [0, 0.05) is 30.0 Å². The van der Waals surface area contributed by atoms with Gasteiger partial charge in [-0.15, -0.1) is 0 Å². The van der Waals surface area contributed by atoms with Gasteiger partial charge in [-0.05, 0) is 21.0 Å². The third kappa shape index (κ3) is 4.13. The SMILES string of the molecule is CC(CN(C)C)Nc1nc(C(C)C)ns1. The number of aromatic nitrogens is 2. The van der Waals surface area contributed by atoms with Crippen LogP contribution in [0.25, 0.3) is 0 Å². The minimum atomic E-state index is 0.396. The van der Waals surface area contributed by atoms with Gasteiger partial charge in [-0.3, -0.25) is 0 Å². The number of nitrogens with one attached hydrogen (secondary N) is 1. The monoisotopic (exact) mass is 228 g/mol. The Morgan fingerprint density at radius 1 is 1.33 bits per heavy atom. The van der Waals surface area contributed by atoms with Crippen molar-refractivity contribution >= 4 is 16.7 Å². The molecule has 1 aromatic heterocycles. The molecule has 0 aliphatic heterocycles. The summed E-state index contributed by atoms with van der Waals surface area (Å²) in [5.74, 6) is 1.33. The largest absolute Gasteiger partial charge is 0.357 e. The lowest BCUT2D eigenvalue weighted by Gasteiger charge is -2.17. The average Bonchev–Trinajstić information content (AvgIpc) is 2.50. The van der Waals surface area contributed by atoms with Crippen LogP contribution in [0.3, 0.4) is 0 Å². The molecule has 86 valence electrons. The zero-order valence-corrected chi connectivity index (χ0v) is 10.9. The molecule has 1 atom stereocenters. The van der Waals surface area contributed by atoms with Crippen LogP contribution >= 0.6 is 11.5 Å².